The summed E-state index contributed by atoms with van der Waals surface area (Å²) in [6.45, 7) is 6.44. The van der Waals surface area contributed by atoms with Crippen LogP contribution in [0.1, 0.15) is 25.8 Å². The predicted octanol–water partition coefficient (Wildman–Crippen LogP) is 1.61. The molecular formula is C15H25N3O2. The molecule has 0 aliphatic heterocycles. The maximum atomic E-state index is 11.9. The number of nitrogens with two attached hydrogens (primary N) is 1. The third-order valence-electron chi connectivity index (χ3n) is 3.62. The smallest absolute Gasteiger partial charge is 0.225 e. The van der Waals surface area contributed by atoms with Gasteiger partial charge in [0.05, 0.1) is 6.61 Å². The number of amides is 1. The van der Waals surface area contributed by atoms with Gasteiger partial charge in [0.1, 0.15) is 0 Å². The number of likely N-dealkylation sites (N-methyl/N-ethyl adjacent to an activating group) is 1. The van der Waals surface area contributed by atoms with Crippen LogP contribution in [0.4, 0.5) is 11.4 Å². The number of aliphatic hydroxyl groups excluding tert-OH is 1. The normalized spacial score (nSPS) is 11.7. The van der Waals surface area contributed by atoms with Crippen molar-refractivity contribution in [2.75, 3.05) is 31.2 Å². The van der Waals surface area contributed by atoms with Gasteiger partial charge in [0.2, 0.25) is 5.91 Å². The number of benzene rings is 1. The minimum Gasteiger partial charge on any atom is -0.399 e. The molecule has 0 unspecified atom stereocenters. The first-order chi connectivity index (χ1) is 9.26. The van der Waals surface area contributed by atoms with E-state index in [2.05, 4.69) is 5.32 Å². The van der Waals surface area contributed by atoms with E-state index >= 15 is 0 Å². The standard InChI is InChI=1S/C15H25N3O2/c1-11-9-12(16)5-6-13(11)17-14(20)7-8-18(4)15(2,3)10-19/h5-6,9,19H,7-8,10,16H2,1-4H3,(H,17,20). The van der Waals surface area contributed by atoms with Gasteiger partial charge in [-0.1, -0.05) is 0 Å². The lowest BCUT2D eigenvalue weighted by molar-refractivity contribution is -0.116. The highest BCUT2D eigenvalue weighted by molar-refractivity contribution is 5.91. The summed E-state index contributed by atoms with van der Waals surface area (Å²) in [5.41, 5.74) is 7.77. The number of aryl methyl sites for hydroxylation is 1. The Kier molecular flexibility index (Phi) is 5.53. The summed E-state index contributed by atoms with van der Waals surface area (Å²) in [4.78, 5) is 13.9. The molecule has 1 amide bonds. The van der Waals surface area contributed by atoms with Crippen molar-refractivity contribution in [1.82, 2.24) is 4.90 Å². The minimum atomic E-state index is -0.322. The van der Waals surface area contributed by atoms with E-state index in [0.29, 0.717) is 18.7 Å². The summed E-state index contributed by atoms with van der Waals surface area (Å²) in [6.07, 6.45) is 0.379. The summed E-state index contributed by atoms with van der Waals surface area (Å²) in [5, 5.41) is 12.2. The van der Waals surface area contributed by atoms with E-state index in [4.69, 9.17) is 5.73 Å². The van der Waals surface area contributed by atoms with Crippen molar-refractivity contribution in [3.05, 3.63) is 23.8 Å². The van der Waals surface area contributed by atoms with E-state index < -0.39 is 0 Å². The van der Waals surface area contributed by atoms with Gasteiger partial charge in [-0.15, -0.1) is 0 Å². The van der Waals surface area contributed by atoms with Crippen molar-refractivity contribution < 1.29 is 9.90 Å². The van der Waals surface area contributed by atoms with Crippen LogP contribution in [0.25, 0.3) is 0 Å². The third kappa shape index (κ3) is 4.51. The van der Waals surface area contributed by atoms with E-state index in [1.54, 1.807) is 6.07 Å². The van der Waals surface area contributed by atoms with Gasteiger partial charge in [-0.3, -0.25) is 9.69 Å². The molecule has 1 aromatic rings. The SMILES string of the molecule is Cc1cc(N)ccc1NC(=O)CCN(C)C(C)(C)CO. The van der Waals surface area contributed by atoms with Crippen LogP contribution in [0, 0.1) is 6.92 Å². The summed E-state index contributed by atoms with van der Waals surface area (Å²) in [6, 6.07) is 5.41. The fourth-order valence-corrected chi connectivity index (χ4v) is 1.73. The second-order valence-electron chi connectivity index (χ2n) is 5.76. The molecule has 5 nitrogen and oxygen atoms in total. The molecule has 1 rings (SSSR count). The Labute approximate surface area is 120 Å². The highest BCUT2D eigenvalue weighted by Crippen LogP contribution is 2.18. The molecule has 0 bridgehead atoms. The van der Waals surface area contributed by atoms with Gasteiger partial charge in [-0.05, 0) is 51.6 Å². The largest absolute Gasteiger partial charge is 0.399 e. The lowest BCUT2D eigenvalue weighted by atomic mass is 10.1. The number of rotatable bonds is 6. The first kappa shape index (κ1) is 16.5. The Morgan fingerprint density at radius 3 is 2.65 bits per heavy atom. The molecule has 4 N–H and O–H groups in total. The molecule has 0 heterocycles. The lowest BCUT2D eigenvalue weighted by Gasteiger charge is -2.33. The van der Waals surface area contributed by atoms with Gasteiger partial charge in [-0.2, -0.15) is 0 Å². The second kappa shape index (κ2) is 6.72. The average molecular weight is 279 g/mol. The molecule has 20 heavy (non-hydrogen) atoms. The Bertz CT molecular complexity index is 472. The number of carbonyl (C=O) groups excluding carboxylic acids is 1. The maximum absolute atomic E-state index is 11.9. The number of nitrogens with one attached hydrogen (secondary N) is 1. The highest BCUT2D eigenvalue weighted by Gasteiger charge is 2.22. The van der Waals surface area contributed by atoms with Crippen LogP contribution in [-0.2, 0) is 4.79 Å². The Morgan fingerprint density at radius 2 is 2.10 bits per heavy atom. The summed E-state index contributed by atoms with van der Waals surface area (Å²) >= 11 is 0. The van der Waals surface area contributed by atoms with Crippen LogP contribution in [0.3, 0.4) is 0 Å². The van der Waals surface area contributed by atoms with Crippen LogP contribution in [0.5, 0.6) is 0 Å². The molecule has 0 saturated carbocycles. The van der Waals surface area contributed by atoms with Gasteiger partial charge in [0.25, 0.3) is 0 Å². The van der Waals surface area contributed by atoms with E-state index in [9.17, 15) is 9.90 Å². The quantitative estimate of drug-likeness (QED) is 0.691. The molecule has 0 aromatic heterocycles. The zero-order valence-electron chi connectivity index (χ0n) is 12.7. The highest BCUT2D eigenvalue weighted by atomic mass is 16.3. The van der Waals surface area contributed by atoms with Crippen LogP contribution in [-0.4, -0.2) is 41.7 Å². The molecule has 0 saturated heterocycles. The number of nitrogens with zero attached hydrogens (tertiary/aromatic N) is 1. The first-order valence-electron chi connectivity index (χ1n) is 6.74. The third-order valence-corrected chi connectivity index (χ3v) is 3.62. The van der Waals surface area contributed by atoms with Crippen molar-refractivity contribution in [3.8, 4) is 0 Å². The van der Waals surface area contributed by atoms with Crippen LogP contribution >= 0.6 is 0 Å². The van der Waals surface area contributed by atoms with Crippen molar-refractivity contribution in [1.29, 1.82) is 0 Å². The molecular weight excluding hydrogens is 254 g/mol. The number of hydrogen-bond donors (Lipinski definition) is 3. The lowest BCUT2D eigenvalue weighted by Crippen LogP contribution is -2.45. The van der Waals surface area contributed by atoms with Crippen molar-refractivity contribution in [3.63, 3.8) is 0 Å². The number of anilines is 2. The molecule has 0 radical (unpaired) electrons. The molecule has 5 heteroatoms. The van der Waals surface area contributed by atoms with E-state index in [0.717, 1.165) is 11.3 Å². The summed E-state index contributed by atoms with van der Waals surface area (Å²) < 4.78 is 0. The molecule has 0 aliphatic rings. The maximum Gasteiger partial charge on any atom is 0.225 e. The van der Waals surface area contributed by atoms with Crippen LogP contribution in [0.2, 0.25) is 0 Å². The van der Waals surface area contributed by atoms with Gasteiger partial charge >= 0.3 is 0 Å². The van der Waals surface area contributed by atoms with E-state index in [-0.39, 0.29) is 18.1 Å². The monoisotopic (exact) mass is 279 g/mol. The van der Waals surface area contributed by atoms with Crippen LogP contribution in [0.15, 0.2) is 18.2 Å². The average Bonchev–Trinajstić information content (AvgIpc) is 2.39. The number of carbonyl (C=O) groups is 1. The number of hydrogen-bond acceptors (Lipinski definition) is 4. The van der Waals surface area contributed by atoms with Gasteiger partial charge in [-0.25, -0.2) is 0 Å². The molecule has 0 fully saturated rings. The summed E-state index contributed by atoms with van der Waals surface area (Å²) in [5.74, 6) is -0.0431. The molecule has 1 aromatic carbocycles. The summed E-state index contributed by atoms with van der Waals surface area (Å²) in [7, 11) is 1.90. The second-order valence-corrected chi connectivity index (χ2v) is 5.76. The fourth-order valence-electron chi connectivity index (χ4n) is 1.73. The molecule has 0 aliphatic carbocycles. The number of aliphatic hydroxyl groups is 1. The molecule has 0 spiro atoms. The first-order valence-corrected chi connectivity index (χ1v) is 6.74. The van der Waals surface area contributed by atoms with Gasteiger partial charge < -0.3 is 16.2 Å². The Morgan fingerprint density at radius 1 is 1.45 bits per heavy atom. The van der Waals surface area contributed by atoms with Gasteiger partial charge in [0, 0.05) is 29.9 Å². The van der Waals surface area contributed by atoms with E-state index in [1.165, 1.54) is 0 Å². The van der Waals surface area contributed by atoms with Gasteiger partial charge in [0.15, 0.2) is 0 Å². The van der Waals surface area contributed by atoms with E-state index in [1.807, 2.05) is 44.9 Å². The fraction of sp³-hybridized carbons (Fsp3) is 0.533. The Hall–Kier alpha value is -1.59. The topological polar surface area (TPSA) is 78.6 Å². The molecule has 112 valence electrons. The Balaban J connectivity index is 2.52. The molecule has 0 atom stereocenters. The van der Waals surface area contributed by atoms with Crippen LogP contribution < -0.4 is 11.1 Å². The van der Waals surface area contributed by atoms with Crippen molar-refractivity contribution >= 4 is 17.3 Å². The zero-order valence-corrected chi connectivity index (χ0v) is 12.7. The van der Waals surface area contributed by atoms with Crippen molar-refractivity contribution in [2.45, 2.75) is 32.7 Å². The number of nitrogen functional groups attached to an aromatic ring is 1. The minimum absolute atomic E-state index is 0.0431. The predicted molar refractivity (Wildman–Crippen MR) is 82.6 cm³/mol. The zero-order chi connectivity index (χ0) is 15.3. The van der Waals surface area contributed by atoms with Crippen molar-refractivity contribution in [2.24, 2.45) is 0 Å².